The number of halogens is 2. The monoisotopic (exact) mass is 395 g/mol. The van der Waals surface area contributed by atoms with Gasteiger partial charge in [-0.25, -0.2) is 9.18 Å². The smallest absolute Gasteiger partial charge is 0.330 e. The second-order valence-electron chi connectivity index (χ2n) is 5.76. The van der Waals surface area contributed by atoms with Gasteiger partial charge in [0.1, 0.15) is 17.7 Å². The Kier molecular flexibility index (Phi) is 7.15. The van der Waals surface area contributed by atoms with Crippen molar-refractivity contribution < 1.29 is 28.6 Å². The molecule has 0 saturated carbocycles. The number of ether oxygens (including phenoxy) is 2. The van der Waals surface area contributed by atoms with E-state index in [1.54, 1.807) is 25.3 Å². The van der Waals surface area contributed by atoms with Crippen molar-refractivity contribution in [3.63, 3.8) is 0 Å². The van der Waals surface area contributed by atoms with E-state index in [4.69, 9.17) is 21.1 Å². The van der Waals surface area contributed by atoms with E-state index >= 15 is 0 Å². The number of carboxylic acid groups (broad SMARTS) is 1. The molecule has 0 bridgehead atoms. The van der Waals surface area contributed by atoms with Crippen LogP contribution in [0.15, 0.2) is 42.5 Å². The summed E-state index contributed by atoms with van der Waals surface area (Å²) in [6.07, 6.45) is -0.921. The molecule has 0 aromatic heterocycles. The standard InChI is InChI=1S/C19H19ClFNO5/c1-11(27-10-12-4-3-5-14(8-12)26-2)18(23)22-17(19(24)25)13-6-7-15(20)16(21)9-13/h3-9,11,17H,10H2,1-2H3,(H,22,23)(H,24,25). The van der Waals surface area contributed by atoms with Crippen LogP contribution in [-0.2, 0) is 20.9 Å². The fraction of sp³-hybridized carbons (Fsp3) is 0.263. The van der Waals surface area contributed by atoms with Gasteiger partial charge in [-0.15, -0.1) is 0 Å². The van der Waals surface area contributed by atoms with E-state index in [0.717, 1.165) is 11.6 Å². The Balaban J connectivity index is 2.01. The summed E-state index contributed by atoms with van der Waals surface area (Å²) in [6, 6.07) is 9.27. The highest BCUT2D eigenvalue weighted by Crippen LogP contribution is 2.21. The van der Waals surface area contributed by atoms with Gasteiger partial charge in [0.05, 0.1) is 18.7 Å². The first-order valence-corrected chi connectivity index (χ1v) is 8.42. The second-order valence-corrected chi connectivity index (χ2v) is 6.17. The van der Waals surface area contributed by atoms with E-state index in [9.17, 15) is 19.1 Å². The number of methoxy groups -OCH3 is 1. The minimum Gasteiger partial charge on any atom is -0.497 e. The minimum absolute atomic E-state index is 0.0674. The fourth-order valence-corrected chi connectivity index (χ4v) is 2.42. The summed E-state index contributed by atoms with van der Waals surface area (Å²) in [5.74, 6) is -2.08. The number of carboxylic acids is 1. The van der Waals surface area contributed by atoms with Crippen molar-refractivity contribution in [2.45, 2.75) is 25.7 Å². The summed E-state index contributed by atoms with van der Waals surface area (Å²) in [5.41, 5.74) is 0.862. The zero-order chi connectivity index (χ0) is 20.0. The van der Waals surface area contributed by atoms with Crippen molar-refractivity contribution in [1.29, 1.82) is 0 Å². The van der Waals surface area contributed by atoms with Crippen LogP contribution in [0.1, 0.15) is 24.1 Å². The van der Waals surface area contributed by atoms with E-state index in [0.29, 0.717) is 5.75 Å². The molecule has 0 aliphatic rings. The van der Waals surface area contributed by atoms with Gasteiger partial charge in [-0.2, -0.15) is 0 Å². The highest BCUT2D eigenvalue weighted by Gasteiger charge is 2.25. The second kappa shape index (κ2) is 9.34. The Labute approximate surface area is 160 Å². The van der Waals surface area contributed by atoms with Gasteiger partial charge in [0.15, 0.2) is 6.04 Å². The first kappa shape index (κ1) is 20.7. The first-order chi connectivity index (χ1) is 12.8. The molecule has 144 valence electrons. The molecule has 0 radical (unpaired) electrons. The van der Waals surface area contributed by atoms with Crippen LogP contribution >= 0.6 is 11.6 Å². The summed E-state index contributed by atoms with van der Waals surface area (Å²) < 4.78 is 24.2. The quantitative estimate of drug-likeness (QED) is 0.716. The van der Waals surface area contributed by atoms with Crippen LogP contribution in [0.25, 0.3) is 0 Å². The number of amides is 1. The van der Waals surface area contributed by atoms with Gasteiger partial charge in [0, 0.05) is 0 Å². The van der Waals surface area contributed by atoms with Crippen LogP contribution in [0.2, 0.25) is 5.02 Å². The molecule has 0 aliphatic heterocycles. The van der Waals surface area contributed by atoms with Crippen molar-refractivity contribution in [3.8, 4) is 5.75 Å². The maximum atomic E-state index is 13.6. The Hall–Kier alpha value is -2.64. The normalized spacial score (nSPS) is 12.9. The zero-order valence-corrected chi connectivity index (χ0v) is 15.5. The highest BCUT2D eigenvalue weighted by atomic mass is 35.5. The molecule has 0 aliphatic carbocycles. The first-order valence-electron chi connectivity index (χ1n) is 8.04. The lowest BCUT2D eigenvalue weighted by Crippen LogP contribution is -2.40. The number of hydrogen-bond acceptors (Lipinski definition) is 4. The molecule has 0 heterocycles. The molecule has 2 N–H and O–H groups in total. The largest absolute Gasteiger partial charge is 0.497 e. The van der Waals surface area contributed by atoms with Gasteiger partial charge in [-0.1, -0.05) is 29.8 Å². The Morgan fingerprint density at radius 1 is 1.26 bits per heavy atom. The van der Waals surface area contributed by atoms with Crippen LogP contribution < -0.4 is 10.1 Å². The predicted octanol–water partition coefficient (Wildman–Crippen LogP) is 3.33. The van der Waals surface area contributed by atoms with Gasteiger partial charge in [-0.3, -0.25) is 4.79 Å². The van der Waals surface area contributed by atoms with Crippen molar-refractivity contribution in [2.75, 3.05) is 7.11 Å². The van der Waals surface area contributed by atoms with Crippen LogP contribution in [0.5, 0.6) is 5.75 Å². The van der Waals surface area contributed by atoms with Gasteiger partial charge in [-0.05, 0) is 42.3 Å². The van der Waals surface area contributed by atoms with Crippen molar-refractivity contribution in [2.24, 2.45) is 0 Å². The molecular weight excluding hydrogens is 377 g/mol. The third-order valence-corrected chi connectivity index (χ3v) is 4.12. The summed E-state index contributed by atoms with van der Waals surface area (Å²) >= 11 is 5.60. The summed E-state index contributed by atoms with van der Waals surface area (Å²) in [4.78, 5) is 23.8. The summed E-state index contributed by atoms with van der Waals surface area (Å²) in [6.45, 7) is 1.63. The Bertz CT molecular complexity index is 829. The SMILES string of the molecule is COc1cccc(COC(C)C(=O)NC(C(=O)O)c2ccc(Cl)c(F)c2)c1. The average Bonchev–Trinajstić information content (AvgIpc) is 2.66. The Morgan fingerprint density at radius 3 is 2.63 bits per heavy atom. The third-order valence-electron chi connectivity index (χ3n) is 3.81. The number of aliphatic carboxylic acids is 1. The molecule has 1 amide bonds. The van der Waals surface area contributed by atoms with Gasteiger partial charge in [0.2, 0.25) is 5.91 Å². The number of hydrogen-bond donors (Lipinski definition) is 2. The van der Waals surface area contributed by atoms with E-state index in [-0.39, 0.29) is 17.2 Å². The molecule has 0 fully saturated rings. The third kappa shape index (κ3) is 5.67. The van der Waals surface area contributed by atoms with Crippen molar-refractivity contribution in [3.05, 3.63) is 64.4 Å². The molecule has 2 aromatic rings. The maximum absolute atomic E-state index is 13.6. The number of rotatable bonds is 8. The zero-order valence-electron chi connectivity index (χ0n) is 14.7. The molecule has 8 heteroatoms. The van der Waals surface area contributed by atoms with E-state index in [2.05, 4.69) is 5.32 Å². The predicted molar refractivity (Wildman–Crippen MR) is 97.2 cm³/mol. The van der Waals surface area contributed by atoms with Gasteiger partial charge >= 0.3 is 5.97 Å². The molecule has 2 atom stereocenters. The number of carbonyl (C=O) groups excluding carboxylic acids is 1. The lowest BCUT2D eigenvalue weighted by molar-refractivity contribution is -0.144. The molecule has 6 nitrogen and oxygen atoms in total. The van der Waals surface area contributed by atoms with Gasteiger partial charge < -0.3 is 19.9 Å². The Morgan fingerprint density at radius 2 is 2.00 bits per heavy atom. The molecule has 2 aromatic carbocycles. The van der Waals surface area contributed by atoms with Crippen LogP contribution in [-0.4, -0.2) is 30.2 Å². The lowest BCUT2D eigenvalue weighted by atomic mass is 10.1. The molecule has 0 spiro atoms. The molecular formula is C19H19ClFNO5. The molecule has 2 unspecified atom stereocenters. The van der Waals surface area contributed by atoms with Crippen LogP contribution in [0.4, 0.5) is 4.39 Å². The summed E-state index contributed by atoms with van der Waals surface area (Å²) in [5, 5.41) is 11.6. The fourth-order valence-electron chi connectivity index (χ4n) is 2.30. The molecule has 2 rings (SSSR count). The molecule has 0 saturated heterocycles. The number of nitrogens with one attached hydrogen (secondary N) is 1. The summed E-state index contributed by atoms with van der Waals surface area (Å²) in [7, 11) is 1.54. The number of carbonyl (C=O) groups is 2. The van der Waals surface area contributed by atoms with Crippen molar-refractivity contribution >= 4 is 23.5 Å². The number of benzene rings is 2. The molecule has 27 heavy (non-hydrogen) atoms. The minimum atomic E-state index is -1.42. The van der Waals surface area contributed by atoms with E-state index in [1.807, 2.05) is 6.07 Å². The van der Waals surface area contributed by atoms with Crippen molar-refractivity contribution in [1.82, 2.24) is 5.32 Å². The van der Waals surface area contributed by atoms with E-state index in [1.165, 1.54) is 19.1 Å². The van der Waals surface area contributed by atoms with Gasteiger partial charge in [0.25, 0.3) is 0 Å². The lowest BCUT2D eigenvalue weighted by Gasteiger charge is -2.19. The average molecular weight is 396 g/mol. The maximum Gasteiger partial charge on any atom is 0.330 e. The topological polar surface area (TPSA) is 84.9 Å². The van der Waals surface area contributed by atoms with E-state index < -0.39 is 29.8 Å². The van der Waals surface area contributed by atoms with Crippen LogP contribution in [0.3, 0.4) is 0 Å². The highest BCUT2D eigenvalue weighted by molar-refractivity contribution is 6.30. The van der Waals surface area contributed by atoms with Crippen LogP contribution in [0, 0.1) is 5.82 Å².